The first-order valence-corrected chi connectivity index (χ1v) is 20.1. The summed E-state index contributed by atoms with van der Waals surface area (Å²) < 4.78 is 12.9. The third kappa shape index (κ3) is 4.20. The number of allylic oxidation sites excluding steroid dienone is 2. The van der Waals surface area contributed by atoms with Crippen LogP contribution in [-0.4, -0.2) is 5.43 Å². The molecule has 2 unspecified atom stereocenters. The van der Waals surface area contributed by atoms with E-state index in [-0.39, 0.29) is 24.8 Å². The van der Waals surface area contributed by atoms with Crippen LogP contribution in [0.5, 0.6) is 0 Å². The summed E-state index contributed by atoms with van der Waals surface area (Å²) in [6, 6.07) is 26.3. The minimum absolute atomic E-state index is 0. The van der Waals surface area contributed by atoms with E-state index in [4.69, 9.17) is 8.83 Å². The van der Waals surface area contributed by atoms with Crippen LogP contribution in [0.1, 0.15) is 41.0 Å². The summed E-state index contributed by atoms with van der Waals surface area (Å²) in [6.45, 7) is 5.08. The Bertz CT molecular complexity index is 1300. The van der Waals surface area contributed by atoms with Crippen molar-refractivity contribution >= 4 is 28.7 Å². The van der Waals surface area contributed by atoms with Crippen molar-refractivity contribution in [2.45, 2.75) is 20.3 Å². The van der Waals surface area contributed by atoms with Crippen molar-refractivity contribution < 1.29 is 54.0 Å². The second-order valence-electron chi connectivity index (χ2n) is 8.73. The molecule has 34 heavy (non-hydrogen) atoms. The molecule has 0 spiro atoms. The monoisotopic (exact) mass is 580 g/mol. The quantitative estimate of drug-likeness (QED) is 0.342. The van der Waals surface area contributed by atoms with Gasteiger partial charge in [0.2, 0.25) is 0 Å². The molecule has 0 bridgehead atoms. The molecule has 0 amide bonds. The molecule has 6 heteroatoms. The number of hydrogen-bond donors (Lipinski definition) is 0. The summed E-state index contributed by atoms with van der Waals surface area (Å²) in [5.41, 5.74) is 7.97. The summed E-state index contributed by atoms with van der Waals surface area (Å²) in [5.74, 6) is 2.06. The first kappa shape index (κ1) is 25.3. The van der Waals surface area contributed by atoms with Gasteiger partial charge in [-0.1, -0.05) is 0 Å². The van der Waals surface area contributed by atoms with Crippen molar-refractivity contribution in [3.05, 3.63) is 119 Å². The SMILES string of the molecule is C[Si](C)=[Zr+2]([CH]1C(c2ccco2)=Cc2ccccc21)[CH]1C(c2ccco2)=Cc2ccccc21.[Cl-].[Cl-]. The average Bonchev–Trinajstić information content (AvgIpc) is 3.59. The summed E-state index contributed by atoms with van der Waals surface area (Å²) in [6.07, 6.45) is 8.40. The van der Waals surface area contributed by atoms with Gasteiger partial charge in [-0.3, -0.25) is 0 Å². The molecule has 0 N–H and O–H groups in total. The van der Waals surface area contributed by atoms with Crippen LogP contribution in [0.3, 0.4) is 0 Å². The largest absolute Gasteiger partial charge is 1.00 e. The Labute approximate surface area is 220 Å². The molecule has 2 aliphatic carbocycles. The van der Waals surface area contributed by atoms with Crippen LogP contribution in [-0.2, 0) is 20.4 Å². The molecule has 0 fully saturated rings. The van der Waals surface area contributed by atoms with Crippen LogP contribution >= 0.6 is 0 Å². The Morgan fingerprint density at radius 2 is 1.06 bits per heavy atom. The number of benzene rings is 2. The molecule has 170 valence electrons. The van der Waals surface area contributed by atoms with Gasteiger partial charge in [-0.15, -0.1) is 0 Å². The Morgan fingerprint density at radius 1 is 0.618 bits per heavy atom. The van der Waals surface area contributed by atoms with E-state index in [1.54, 1.807) is 0 Å². The fourth-order valence-corrected chi connectivity index (χ4v) is 25.2. The summed E-state index contributed by atoms with van der Waals surface area (Å²) >= 11 is -2.23. The van der Waals surface area contributed by atoms with Crippen LogP contribution in [0, 0.1) is 0 Å². The Balaban J connectivity index is 0.00000137. The molecular weight excluding hydrogens is 559 g/mol. The maximum atomic E-state index is 5.98. The van der Waals surface area contributed by atoms with Crippen LogP contribution in [0.4, 0.5) is 0 Å². The van der Waals surface area contributed by atoms with E-state index in [1.807, 2.05) is 24.7 Å². The van der Waals surface area contributed by atoms with Gasteiger partial charge in [0.15, 0.2) is 0 Å². The third-order valence-corrected chi connectivity index (χ3v) is 25.9. The predicted molar refractivity (Wildman–Crippen MR) is 129 cm³/mol. The maximum absolute atomic E-state index is 5.98. The van der Waals surface area contributed by atoms with Gasteiger partial charge < -0.3 is 24.8 Å². The summed E-state index contributed by atoms with van der Waals surface area (Å²) in [7, 11) is 0. The molecule has 6 rings (SSSR count). The van der Waals surface area contributed by atoms with Gasteiger partial charge in [0, 0.05) is 0 Å². The maximum Gasteiger partial charge on any atom is -1.00 e. The van der Waals surface area contributed by atoms with Crippen molar-refractivity contribution in [1.82, 2.24) is 0 Å². The molecule has 2 aromatic carbocycles. The number of furan rings is 2. The second-order valence-corrected chi connectivity index (χ2v) is 26.6. The Kier molecular flexibility index (Phi) is 7.74. The van der Waals surface area contributed by atoms with Crippen molar-refractivity contribution in [2.24, 2.45) is 0 Å². The van der Waals surface area contributed by atoms with Gasteiger partial charge in [-0.2, -0.15) is 0 Å². The van der Waals surface area contributed by atoms with Crippen molar-refractivity contribution in [3.8, 4) is 0 Å². The summed E-state index contributed by atoms with van der Waals surface area (Å²) in [4.78, 5) is 0. The van der Waals surface area contributed by atoms with Gasteiger partial charge >= 0.3 is 197 Å². The number of hydrogen-bond acceptors (Lipinski definition) is 2. The zero-order valence-electron chi connectivity index (χ0n) is 19.0. The zero-order valence-corrected chi connectivity index (χ0v) is 23.9. The van der Waals surface area contributed by atoms with Gasteiger partial charge in [-0.05, 0) is 0 Å². The normalized spacial score (nSPS) is 17.3. The number of halogens is 2. The van der Waals surface area contributed by atoms with Crippen LogP contribution in [0.2, 0.25) is 13.1 Å². The fourth-order valence-electron chi connectivity index (χ4n) is 5.37. The van der Waals surface area contributed by atoms with Gasteiger partial charge in [0.05, 0.1) is 0 Å². The van der Waals surface area contributed by atoms with E-state index >= 15 is 0 Å². The van der Waals surface area contributed by atoms with Gasteiger partial charge in [0.1, 0.15) is 0 Å². The van der Waals surface area contributed by atoms with E-state index in [9.17, 15) is 0 Å². The standard InChI is InChI=1S/2C13H9O.C2H6Si.2ClH.Zr/c2*1-2-5-11-9-12(8-10(11)4-1)13-6-3-7-14-13;1-3-2;;;/h2*1-9H;1-2H3;2*1H;/q;;;;;+2/p-2. The molecule has 2 heterocycles. The zero-order chi connectivity index (χ0) is 21.7. The van der Waals surface area contributed by atoms with E-state index in [0.717, 1.165) is 11.5 Å². The van der Waals surface area contributed by atoms with E-state index in [1.165, 1.54) is 33.4 Å². The molecule has 0 saturated carbocycles. The molecular formula is C28H24Cl2O2SiZr. The van der Waals surface area contributed by atoms with E-state index in [0.29, 0.717) is 7.25 Å². The minimum atomic E-state index is -2.23. The minimum Gasteiger partial charge on any atom is -1.00 e. The molecule has 0 radical (unpaired) electrons. The average molecular weight is 583 g/mol. The molecule has 4 aromatic rings. The second kappa shape index (κ2) is 10.4. The Morgan fingerprint density at radius 3 is 1.44 bits per heavy atom. The first-order valence-electron chi connectivity index (χ1n) is 11.1. The van der Waals surface area contributed by atoms with Crippen LogP contribution < -0.4 is 24.8 Å². The molecule has 0 aliphatic heterocycles. The van der Waals surface area contributed by atoms with Crippen molar-refractivity contribution in [1.29, 1.82) is 0 Å². The predicted octanol–water partition coefficient (Wildman–Crippen LogP) is 1.64. The summed E-state index contributed by atoms with van der Waals surface area (Å²) in [5, 5.41) is 0. The Hall–Kier alpha value is -1.84. The number of fused-ring (bicyclic) bond motifs is 2. The van der Waals surface area contributed by atoms with Crippen molar-refractivity contribution in [3.63, 3.8) is 0 Å². The molecule has 2 aliphatic rings. The first-order chi connectivity index (χ1) is 15.7. The van der Waals surface area contributed by atoms with E-state index in [2.05, 4.69) is 85.9 Å². The van der Waals surface area contributed by atoms with Crippen LogP contribution in [0.15, 0.2) is 94.2 Å². The van der Waals surface area contributed by atoms with Gasteiger partial charge in [-0.25, -0.2) is 0 Å². The van der Waals surface area contributed by atoms with Gasteiger partial charge in [0.25, 0.3) is 0 Å². The molecule has 2 aromatic heterocycles. The third-order valence-electron chi connectivity index (χ3n) is 6.67. The van der Waals surface area contributed by atoms with Crippen LogP contribution in [0.25, 0.3) is 23.3 Å². The fraction of sp³-hybridized carbons (Fsp3) is 0.143. The van der Waals surface area contributed by atoms with Crippen molar-refractivity contribution in [2.75, 3.05) is 0 Å². The molecule has 2 nitrogen and oxygen atoms in total. The smallest absolute Gasteiger partial charge is 1.00 e. The molecule has 2 atom stereocenters. The van der Waals surface area contributed by atoms with E-state index < -0.39 is 25.8 Å². The number of rotatable bonds is 4. The molecule has 0 saturated heterocycles. The topological polar surface area (TPSA) is 26.3 Å².